The summed E-state index contributed by atoms with van der Waals surface area (Å²) in [7, 11) is 0. The van der Waals surface area contributed by atoms with Gasteiger partial charge in [0.1, 0.15) is 0 Å². The Hall–Kier alpha value is -1.80. The summed E-state index contributed by atoms with van der Waals surface area (Å²) >= 11 is 5.92. The second-order valence-corrected chi connectivity index (χ2v) is 5.17. The maximum absolute atomic E-state index is 12.3. The number of anilines is 1. The minimum atomic E-state index is 0.110. The zero-order chi connectivity index (χ0) is 13.2. The summed E-state index contributed by atoms with van der Waals surface area (Å²) < 4.78 is 0. The van der Waals surface area contributed by atoms with Crippen molar-refractivity contribution < 1.29 is 4.79 Å². The van der Waals surface area contributed by atoms with Gasteiger partial charge in [0.15, 0.2) is 5.78 Å². The Kier molecular flexibility index (Phi) is 3.26. The molecular formula is C16H14ClNO. The highest BCUT2D eigenvalue weighted by Gasteiger charge is 2.20. The number of hydrogen-bond donors (Lipinski definition) is 0. The van der Waals surface area contributed by atoms with Crippen molar-refractivity contribution in [2.75, 3.05) is 18.0 Å². The molecule has 0 atom stereocenters. The molecule has 0 bridgehead atoms. The highest BCUT2D eigenvalue weighted by Crippen LogP contribution is 2.27. The van der Waals surface area contributed by atoms with Gasteiger partial charge in [-0.25, -0.2) is 0 Å². The lowest BCUT2D eigenvalue weighted by atomic mass is 10.1. The van der Waals surface area contributed by atoms with Gasteiger partial charge in [0, 0.05) is 22.8 Å². The molecule has 2 aromatic rings. The SMILES string of the molecule is O=C(CN1CCc2ccccc21)c1cccc(Cl)c1. The second kappa shape index (κ2) is 5.06. The van der Waals surface area contributed by atoms with Crippen LogP contribution >= 0.6 is 11.6 Å². The molecule has 0 fully saturated rings. The van der Waals surface area contributed by atoms with Crippen LogP contribution in [0.3, 0.4) is 0 Å². The predicted molar refractivity (Wildman–Crippen MR) is 78.1 cm³/mol. The van der Waals surface area contributed by atoms with Crippen molar-refractivity contribution >= 4 is 23.1 Å². The van der Waals surface area contributed by atoms with Crippen molar-refractivity contribution in [1.29, 1.82) is 0 Å². The summed E-state index contributed by atoms with van der Waals surface area (Å²) in [5.74, 6) is 0.110. The van der Waals surface area contributed by atoms with E-state index in [4.69, 9.17) is 11.6 Å². The van der Waals surface area contributed by atoms with Gasteiger partial charge in [0.25, 0.3) is 0 Å². The summed E-state index contributed by atoms with van der Waals surface area (Å²) in [6.07, 6.45) is 1.01. The van der Waals surface area contributed by atoms with Crippen LogP contribution in [0.4, 0.5) is 5.69 Å². The summed E-state index contributed by atoms with van der Waals surface area (Å²) in [5, 5.41) is 0.604. The van der Waals surface area contributed by atoms with Crippen LogP contribution in [0.2, 0.25) is 5.02 Å². The third-order valence-corrected chi connectivity index (χ3v) is 3.70. The zero-order valence-electron chi connectivity index (χ0n) is 10.5. The summed E-state index contributed by atoms with van der Waals surface area (Å²) in [6.45, 7) is 1.32. The Morgan fingerprint density at radius 1 is 1.16 bits per heavy atom. The smallest absolute Gasteiger partial charge is 0.182 e. The minimum absolute atomic E-state index is 0.110. The molecule has 0 saturated heterocycles. The van der Waals surface area contributed by atoms with Gasteiger partial charge in [-0.05, 0) is 30.2 Å². The average molecular weight is 272 g/mol. The predicted octanol–water partition coefficient (Wildman–Crippen LogP) is 3.59. The standard InChI is InChI=1S/C16H14ClNO/c17-14-6-3-5-13(10-14)16(19)11-18-9-8-12-4-1-2-7-15(12)18/h1-7,10H,8-9,11H2. The average Bonchev–Trinajstić information content (AvgIpc) is 2.82. The largest absolute Gasteiger partial charge is 0.363 e. The highest BCUT2D eigenvalue weighted by molar-refractivity contribution is 6.31. The van der Waals surface area contributed by atoms with Crippen molar-refractivity contribution in [1.82, 2.24) is 0 Å². The molecule has 0 saturated carbocycles. The molecule has 19 heavy (non-hydrogen) atoms. The first-order chi connectivity index (χ1) is 9.24. The monoisotopic (exact) mass is 271 g/mol. The van der Waals surface area contributed by atoms with Crippen LogP contribution in [0.1, 0.15) is 15.9 Å². The Balaban J connectivity index is 1.78. The van der Waals surface area contributed by atoms with Crippen LogP contribution in [0.5, 0.6) is 0 Å². The Labute approximate surface area is 117 Å². The van der Waals surface area contributed by atoms with Crippen LogP contribution in [-0.4, -0.2) is 18.9 Å². The number of hydrogen-bond acceptors (Lipinski definition) is 2. The number of halogens is 1. The first-order valence-corrected chi connectivity index (χ1v) is 6.73. The van der Waals surface area contributed by atoms with Gasteiger partial charge in [-0.2, -0.15) is 0 Å². The number of Topliss-reactive ketones (excluding diaryl/α,β-unsaturated/α-hetero) is 1. The van der Waals surface area contributed by atoms with Crippen molar-refractivity contribution in [3.8, 4) is 0 Å². The van der Waals surface area contributed by atoms with Gasteiger partial charge in [-0.3, -0.25) is 4.79 Å². The molecule has 0 spiro atoms. The van der Waals surface area contributed by atoms with Crippen LogP contribution in [0, 0.1) is 0 Å². The number of carbonyl (C=O) groups excluding carboxylic acids is 1. The molecule has 3 heteroatoms. The van der Waals surface area contributed by atoms with E-state index < -0.39 is 0 Å². The van der Waals surface area contributed by atoms with Gasteiger partial charge >= 0.3 is 0 Å². The Morgan fingerprint density at radius 3 is 2.84 bits per heavy atom. The number of fused-ring (bicyclic) bond motifs is 1. The highest BCUT2D eigenvalue weighted by atomic mass is 35.5. The number of ketones is 1. The molecule has 0 N–H and O–H groups in total. The Morgan fingerprint density at radius 2 is 2.00 bits per heavy atom. The molecule has 1 heterocycles. The van der Waals surface area contributed by atoms with Gasteiger partial charge in [0.2, 0.25) is 0 Å². The molecule has 0 aromatic heterocycles. The number of carbonyl (C=O) groups is 1. The van der Waals surface area contributed by atoms with Crippen LogP contribution in [0.25, 0.3) is 0 Å². The Bertz CT molecular complexity index is 624. The number of nitrogens with zero attached hydrogens (tertiary/aromatic N) is 1. The van der Waals surface area contributed by atoms with Crippen molar-refractivity contribution in [2.45, 2.75) is 6.42 Å². The van der Waals surface area contributed by atoms with Gasteiger partial charge < -0.3 is 4.90 Å². The molecule has 0 unspecified atom stereocenters. The van der Waals surface area contributed by atoms with Gasteiger partial charge in [-0.1, -0.05) is 41.9 Å². The first kappa shape index (κ1) is 12.2. The van der Waals surface area contributed by atoms with E-state index in [0.717, 1.165) is 13.0 Å². The molecule has 2 nitrogen and oxygen atoms in total. The molecule has 1 aliphatic rings. The number of rotatable bonds is 3. The lowest BCUT2D eigenvalue weighted by Gasteiger charge is -2.18. The summed E-state index contributed by atoms with van der Waals surface area (Å²) in [4.78, 5) is 14.4. The van der Waals surface area contributed by atoms with Crippen LogP contribution in [-0.2, 0) is 6.42 Å². The fourth-order valence-electron chi connectivity index (χ4n) is 2.50. The molecule has 0 aliphatic carbocycles. The summed E-state index contributed by atoms with van der Waals surface area (Å²) in [5.41, 5.74) is 3.18. The van der Waals surface area contributed by atoms with Crippen molar-refractivity contribution in [2.24, 2.45) is 0 Å². The van der Waals surface area contributed by atoms with E-state index in [2.05, 4.69) is 17.0 Å². The van der Waals surface area contributed by atoms with E-state index in [9.17, 15) is 4.79 Å². The topological polar surface area (TPSA) is 20.3 Å². The van der Waals surface area contributed by atoms with E-state index >= 15 is 0 Å². The van der Waals surface area contributed by atoms with E-state index in [0.29, 0.717) is 17.1 Å². The lowest BCUT2D eigenvalue weighted by molar-refractivity contribution is 0.0999. The molecular weight excluding hydrogens is 258 g/mol. The number of para-hydroxylation sites is 1. The molecule has 2 aromatic carbocycles. The molecule has 1 aliphatic heterocycles. The van der Waals surface area contributed by atoms with Crippen LogP contribution in [0.15, 0.2) is 48.5 Å². The fourth-order valence-corrected chi connectivity index (χ4v) is 2.69. The third-order valence-electron chi connectivity index (χ3n) is 3.46. The van der Waals surface area contributed by atoms with E-state index in [1.54, 1.807) is 12.1 Å². The lowest BCUT2D eigenvalue weighted by Crippen LogP contribution is -2.27. The minimum Gasteiger partial charge on any atom is -0.363 e. The zero-order valence-corrected chi connectivity index (χ0v) is 11.2. The van der Waals surface area contributed by atoms with Crippen molar-refractivity contribution in [3.05, 3.63) is 64.7 Å². The fraction of sp³-hybridized carbons (Fsp3) is 0.188. The van der Waals surface area contributed by atoms with Gasteiger partial charge in [-0.15, -0.1) is 0 Å². The van der Waals surface area contributed by atoms with Gasteiger partial charge in [0.05, 0.1) is 6.54 Å². The first-order valence-electron chi connectivity index (χ1n) is 6.35. The van der Waals surface area contributed by atoms with E-state index in [1.807, 2.05) is 24.3 Å². The van der Waals surface area contributed by atoms with E-state index in [1.165, 1.54) is 11.3 Å². The maximum Gasteiger partial charge on any atom is 0.182 e. The normalized spacial score (nSPS) is 13.4. The molecule has 0 amide bonds. The third kappa shape index (κ3) is 2.49. The van der Waals surface area contributed by atoms with E-state index in [-0.39, 0.29) is 5.78 Å². The summed E-state index contributed by atoms with van der Waals surface area (Å²) in [6, 6.07) is 15.4. The molecule has 0 radical (unpaired) electrons. The van der Waals surface area contributed by atoms with Crippen LogP contribution < -0.4 is 4.90 Å². The maximum atomic E-state index is 12.3. The number of benzene rings is 2. The molecule has 96 valence electrons. The quantitative estimate of drug-likeness (QED) is 0.795. The molecule has 3 rings (SSSR count). The second-order valence-electron chi connectivity index (χ2n) is 4.73. The van der Waals surface area contributed by atoms with Crippen molar-refractivity contribution in [3.63, 3.8) is 0 Å².